The van der Waals surface area contributed by atoms with Gasteiger partial charge >= 0.3 is 0 Å². The van der Waals surface area contributed by atoms with Crippen LogP contribution >= 0.6 is 0 Å². The highest BCUT2D eigenvalue weighted by Gasteiger charge is 2.23. The third kappa shape index (κ3) is 5.48. The molecular formula is C21H27NO3. The zero-order chi connectivity index (χ0) is 17.6. The molecule has 4 heteroatoms. The van der Waals surface area contributed by atoms with Crippen molar-refractivity contribution in [1.29, 1.82) is 0 Å². The molecule has 2 aromatic rings. The molecule has 0 amide bonds. The lowest BCUT2D eigenvalue weighted by Gasteiger charge is -2.14. The first-order chi connectivity index (χ1) is 12.1. The normalized spacial score (nSPS) is 20.0. The minimum absolute atomic E-state index is 0.144. The first kappa shape index (κ1) is 17.8. The number of nitrogens with zero attached hydrogens (tertiary/aromatic N) is 1. The van der Waals surface area contributed by atoms with Gasteiger partial charge in [-0.2, -0.15) is 0 Å². The smallest absolute Gasteiger partial charge is 0.200 e. The molecule has 0 N–H and O–H groups in total. The first-order valence-corrected chi connectivity index (χ1v) is 8.82. The molecular weight excluding hydrogens is 314 g/mol. The molecule has 2 atom stereocenters. The summed E-state index contributed by atoms with van der Waals surface area (Å²) in [6.07, 6.45) is 0.791. The van der Waals surface area contributed by atoms with E-state index in [-0.39, 0.29) is 6.29 Å². The van der Waals surface area contributed by atoms with Crippen molar-refractivity contribution in [1.82, 2.24) is 4.90 Å². The highest BCUT2D eigenvalue weighted by Crippen LogP contribution is 2.26. The van der Waals surface area contributed by atoms with Crippen LogP contribution in [0.5, 0.6) is 11.5 Å². The Balaban J connectivity index is 1.53. The largest absolute Gasteiger partial charge is 0.489 e. The van der Waals surface area contributed by atoms with Crippen molar-refractivity contribution >= 4 is 0 Å². The molecule has 1 aliphatic rings. The second-order valence-corrected chi connectivity index (χ2v) is 7.04. The fourth-order valence-corrected chi connectivity index (χ4v) is 2.88. The van der Waals surface area contributed by atoms with Gasteiger partial charge in [-0.3, -0.25) is 0 Å². The van der Waals surface area contributed by atoms with Gasteiger partial charge in [0.25, 0.3) is 0 Å². The topological polar surface area (TPSA) is 30.9 Å². The molecule has 3 rings (SSSR count). The van der Waals surface area contributed by atoms with E-state index in [9.17, 15) is 0 Å². The number of hydrogen-bond donors (Lipinski definition) is 0. The van der Waals surface area contributed by atoms with Crippen LogP contribution in [0.15, 0.2) is 48.5 Å². The van der Waals surface area contributed by atoms with Crippen LogP contribution in [0.25, 0.3) is 0 Å². The summed E-state index contributed by atoms with van der Waals surface area (Å²) in [5, 5.41) is 0. The summed E-state index contributed by atoms with van der Waals surface area (Å²) >= 11 is 0. The van der Waals surface area contributed by atoms with Crippen molar-refractivity contribution in [2.75, 3.05) is 20.7 Å². The van der Waals surface area contributed by atoms with E-state index in [0.29, 0.717) is 12.5 Å². The molecule has 1 saturated heterocycles. The Morgan fingerprint density at radius 1 is 1.04 bits per heavy atom. The van der Waals surface area contributed by atoms with Crippen LogP contribution in [0.2, 0.25) is 0 Å². The minimum atomic E-state index is -0.144. The van der Waals surface area contributed by atoms with Gasteiger partial charge in [0, 0.05) is 19.0 Å². The SMILES string of the molecule is C[C@H]1COC(Oc2cccc(OCc3ccc(CN(C)C)cc3)c2)C1. The predicted molar refractivity (Wildman–Crippen MR) is 98.8 cm³/mol. The second kappa shape index (κ2) is 8.37. The number of ether oxygens (including phenoxy) is 3. The van der Waals surface area contributed by atoms with Gasteiger partial charge in [0.2, 0.25) is 0 Å². The van der Waals surface area contributed by atoms with Crippen molar-refractivity contribution in [3.8, 4) is 11.5 Å². The van der Waals surface area contributed by atoms with Crippen molar-refractivity contribution in [3.63, 3.8) is 0 Å². The van der Waals surface area contributed by atoms with E-state index >= 15 is 0 Å². The third-order valence-electron chi connectivity index (χ3n) is 4.16. The summed E-state index contributed by atoms with van der Waals surface area (Å²) in [6, 6.07) is 16.3. The van der Waals surface area contributed by atoms with Crippen molar-refractivity contribution in [2.45, 2.75) is 32.8 Å². The summed E-state index contributed by atoms with van der Waals surface area (Å²) in [6.45, 7) is 4.43. The van der Waals surface area contributed by atoms with Crippen LogP contribution < -0.4 is 9.47 Å². The maximum absolute atomic E-state index is 5.91. The summed E-state index contributed by atoms with van der Waals surface area (Å²) in [4.78, 5) is 2.16. The number of benzene rings is 2. The van der Waals surface area contributed by atoms with E-state index < -0.39 is 0 Å². The maximum atomic E-state index is 5.91. The molecule has 134 valence electrons. The standard InChI is InChI=1S/C21H27NO3/c1-16-11-21(24-14-16)25-20-6-4-5-19(12-20)23-15-18-9-7-17(8-10-18)13-22(2)3/h4-10,12,16,21H,11,13-15H2,1-3H3/t16-,21?/m1/s1. The molecule has 1 aliphatic heterocycles. The average Bonchev–Trinajstić information content (AvgIpc) is 2.99. The summed E-state index contributed by atoms with van der Waals surface area (Å²) in [5.74, 6) is 2.15. The zero-order valence-corrected chi connectivity index (χ0v) is 15.3. The monoisotopic (exact) mass is 341 g/mol. The van der Waals surface area contributed by atoms with Gasteiger partial charge in [-0.05, 0) is 43.3 Å². The lowest BCUT2D eigenvalue weighted by atomic mass is 10.1. The lowest BCUT2D eigenvalue weighted by molar-refractivity contribution is -0.0394. The summed E-state index contributed by atoms with van der Waals surface area (Å²) < 4.78 is 17.4. The van der Waals surface area contributed by atoms with Crippen LogP contribution in [-0.2, 0) is 17.9 Å². The van der Waals surface area contributed by atoms with Crippen LogP contribution in [0.4, 0.5) is 0 Å². The molecule has 25 heavy (non-hydrogen) atoms. The van der Waals surface area contributed by atoms with Crippen LogP contribution in [0.1, 0.15) is 24.5 Å². The van der Waals surface area contributed by atoms with Crippen LogP contribution in [-0.4, -0.2) is 31.9 Å². The first-order valence-electron chi connectivity index (χ1n) is 8.82. The van der Waals surface area contributed by atoms with E-state index in [1.165, 1.54) is 5.56 Å². The summed E-state index contributed by atoms with van der Waals surface area (Å²) in [7, 11) is 4.15. The van der Waals surface area contributed by atoms with Gasteiger partial charge in [0.05, 0.1) is 6.61 Å². The Morgan fingerprint density at radius 2 is 1.76 bits per heavy atom. The highest BCUT2D eigenvalue weighted by atomic mass is 16.7. The van der Waals surface area contributed by atoms with E-state index in [0.717, 1.165) is 36.6 Å². The molecule has 0 radical (unpaired) electrons. The maximum Gasteiger partial charge on any atom is 0.200 e. The van der Waals surface area contributed by atoms with Gasteiger partial charge in [-0.15, -0.1) is 0 Å². The number of hydrogen-bond acceptors (Lipinski definition) is 4. The van der Waals surface area contributed by atoms with Gasteiger partial charge < -0.3 is 19.1 Å². The quantitative estimate of drug-likeness (QED) is 0.759. The predicted octanol–water partition coefficient (Wildman–Crippen LogP) is 4.09. The van der Waals surface area contributed by atoms with Crippen LogP contribution in [0.3, 0.4) is 0 Å². The Morgan fingerprint density at radius 3 is 2.44 bits per heavy atom. The van der Waals surface area contributed by atoms with Gasteiger partial charge in [-0.1, -0.05) is 37.3 Å². The molecule has 1 heterocycles. The molecule has 1 unspecified atom stereocenters. The second-order valence-electron chi connectivity index (χ2n) is 7.04. The molecule has 2 aromatic carbocycles. The van der Waals surface area contributed by atoms with Crippen molar-refractivity contribution in [2.24, 2.45) is 5.92 Å². The van der Waals surface area contributed by atoms with E-state index in [2.05, 4.69) is 50.2 Å². The summed E-state index contributed by atoms with van der Waals surface area (Å²) in [5.41, 5.74) is 2.46. The highest BCUT2D eigenvalue weighted by molar-refractivity contribution is 5.33. The van der Waals surface area contributed by atoms with Gasteiger partial charge in [-0.25, -0.2) is 0 Å². The van der Waals surface area contributed by atoms with E-state index in [4.69, 9.17) is 14.2 Å². The molecule has 1 fully saturated rings. The Hall–Kier alpha value is -2.04. The molecule has 0 aromatic heterocycles. The Labute approximate surface area is 150 Å². The van der Waals surface area contributed by atoms with Crippen molar-refractivity contribution < 1.29 is 14.2 Å². The Bertz CT molecular complexity index is 669. The molecule has 0 saturated carbocycles. The fraction of sp³-hybridized carbons (Fsp3) is 0.429. The number of rotatable bonds is 7. The molecule has 0 aliphatic carbocycles. The molecule has 4 nitrogen and oxygen atoms in total. The zero-order valence-electron chi connectivity index (χ0n) is 15.3. The van der Waals surface area contributed by atoms with E-state index in [1.54, 1.807) is 0 Å². The Kier molecular flexibility index (Phi) is 5.95. The molecule has 0 spiro atoms. The van der Waals surface area contributed by atoms with Gasteiger partial charge in [0.15, 0.2) is 6.29 Å². The van der Waals surface area contributed by atoms with Crippen LogP contribution in [0, 0.1) is 5.92 Å². The van der Waals surface area contributed by atoms with E-state index in [1.807, 2.05) is 24.3 Å². The third-order valence-corrected chi connectivity index (χ3v) is 4.16. The minimum Gasteiger partial charge on any atom is -0.489 e. The molecule has 0 bridgehead atoms. The van der Waals surface area contributed by atoms with Gasteiger partial charge in [0.1, 0.15) is 18.1 Å². The van der Waals surface area contributed by atoms with Crippen molar-refractivity contribution in [3.05, 3.63) is 59.7 Å². The lowest BCUT2D eigenvalue weighted by Crippen LogP contribution is -2.14. The fourth-order valence-electron chi connectivity index (χ4n) is 2.88. The average molecular weight is 341 g/mol.